The van der Waals surface area contributed by atoms with E-state index in [2.05, 4.69) is 34.6 Å². The number of rotatable bonds is 10. The number of hydrogen-bond acceptors (Lipinski definition) is 4. The maximum Gasteiger partial charge on any atom is 0.317 e. The van der Waals surface area contributed by atoms with Gasteiger partial charge in [-0.2, -0.15) is 0 Å². The number of nitrogens with one attached hydrogen (secondary N) is 2. The average molecular weight is 455 g/mol. The summed E-state index contributed by atoms with van der Waals surface area (Å²) < 4.78 is 11.6. The van der Waals surface area contributed by atoms with Gasteiger partial charge in [0.15, 0.2) is 0 Å². The van der Waals surface area contributed by atoms with Crippen molar-refractivity contribution in [3.05, 3.63) is 103 Å². The van der Waals surface area contributed by atoms with Crippen molar-refractivity contribution >= 4 is 17.3 Å². The molecule has 1 unspecified atom stereocenters. The smallest absolute Gasteiger partial charge is 0.317 e. The zero-order chi connectivity index (χ0) is 23.8. The Morgan fingerprint density at radius 3 is 2.32 bits per heavy atom. The van der Waals surface area contributed by atoms with E-state index in [1.807, 2.05) is 86.8 Å². The second kappa shape index (κ2) is 10.8. The number of aromatic amines is 1. The molecule has 4 aromatic rings. The Bertz CT molecular complexity index is 1190. The van der Waals surface area contributed by atoms with E-state index < -0.39 is 5.41 Å². The van der Waals surface area contributed by atoms with Crippen molar-refractivity contribution in [1.82, 2.24) is 4.98 Å². The topological polar surface area (TPSA) is 63.4 Å². The summed E-state index contributed by atoms with van der Waals surface area (Å²) in [5, 5.41) is 3.48. The molecule has 0 amide bonds. The number of para-hydroxylation sites is 1. The van der Waals surface area contributed by atoms with Gasteiger partial charge in [0.2, 0.25) is 0 Å². The molecule has 34 heavy (non-hydrogen) atoms. The van der Waals surface area contributed by atoms with Gasteiger partial charge in [-0.05, 0) is 61.4 Å². The minimum atomic E-state index is -0.823. The Balaban J connectivity index is 1.57. The van der Waals surface area contributed by atoms with Gasteiger partial charge in [-0.3, -0.25) is 4.79 Å². The number of anilines is 2. The van der Waals surface area contributed by atoms with Crippen molar-refractivity contribution in [2.24, 2.45) is 0 Å². The molecular weight excluding hydrogens is 424 g/mol. The van der Waals surface area contributed by atoms with Crippen LogP contribution in [0.2, 0.25) is 0 Å². The van der Waals surface area contributed by atoms with Crippen molar-refractivity contribution in [2.75, 3.05) is 18.5 Å². The summed E-state index contributed by atoms with van der Waals surface area (Å²) in [6.07, 6.45) is 2.29. The first-order chi connectivity index (χ1) is 16.6. The summed E-state index contributed by atoms with van der Waals surface area (Å²) in [4.78, 5) is 16.0. The minimum absolute atomic E-state index is 0.261. The maximum absolute atomic E-state index is 12.8. The van der Waals surface area contributed by atoms with Gasteiger partial charge in [-0.15, -0.1) is 0 Å². The Kier molecular flexibility index (Phi) is 7.33. The highest BCUT2D eigenvalue weighted by atomic mass is 16.5. The third-order valence-corrected chi connectivity index (χ3v) is 5.92. The van der Waals surface area contributed by atoms with Crippen LogP contribution in [0.4, 0.5) is 11.4 Å². The van der Waals surface area contributed by atoms with E-state index in [0.29, 0.717) is 19.6 Å². The van der Waals surface area contributed by atoms with Gasteiger partial charge in [0.25, 0.3) is 0 Å². The van der Waals surface area contributed by atoms with Crippen LogP contribution < -0.4 is 10.1 Å². The zero-order valence-electron chi connectivity index (χ0n) is 19.6. The van der Waals surface area contributed by atoms with E-state index >= 15 is 0 Å². The third-order valence-electron chi connectivity index (χ3n) is 5.92. The van der Waals surface area contributed by atoms with Crippen molar-refractivity contribution < 1.29 is 14.3 Å². The molecule has 3 aromatic carbocycles. The van der Waals surface area contributed by atoms with Crippen LogP contribution in [0.25, 0.3) is 11.1 Å². The highest BCUT2D eigenvalue weighted by Gasteiger charge is 2.37. The summed E-state index contributed by atoms with van der Waals surface area (Å²) in [7, 11) is 0. The van der Waals surface area contributed by atoms with E-state index in [4.69, 9.17) is 9.47 Å². The van der Waals surface area contributed by atoms with Gasteiger partial charge in [0.05, 0.1) is 18.9 Å². The highest BCUT2D eigenvalue weighted by Crippen LogP contribution is 2.34. The summed E-state index contributed by atoms with van der Waals surface area (Å²) in [5.41, 5.74) is 4.05. The maximum atomic E-state index is 12.8. The number of ether oxygens (including phenoxy) is 2. The Hall–Kier alpha value is -3.99. The lowest BCUT2D eigenvalue weighted by Gasteiger charge is -2.26. The Morgan fingerprint density at radius 1 is 0.912 bits per heavy atom. The van der Waals surface area contributed by atoms with Gasteiger partial charge in [0, 0.05) is 24.0 Å². The monoisotopic (exact) mass is 454 g/mol. The SMILES string of the molecule is CCOC(=O)C(C)(CCOc1ccc(-c2ccccc2)cc1Nc1ccccc1)c1ccc[nH]1. The number of benzene rings is 3. The van der Waals surface area contributed by atoms with Crippen LogP contribution in [0.3, 0.4) is 0 Å². The molecular formula is C29H30N2O3. The lowest BCUT2D eigenvalue weighted by atomic mass is 9.83. The first kappa shape index (κ1) is 23.2. The van der Waals surface area contributed by atoms with E-state index in [0.717, 1.165) is 33.9 Å². The van der Waals surface area contributed by atoms with Gasteiger partial charge < -0.3 is 19.8 Å². The molecule has 0 saturated heterocycles. The molecule has 0 aliphatic heterocycles. The van der Waals surface area contributed by atoms with Gasteiger partial charge in [0.1, 0.15) is 11.2 Å². The van der Waals surface area contributed by atoms with Gasteiger partial charge in [-0.25, -0.2) is 0 Å². The fourth-order valence-electron chi connectivity index (χ4n) is 3.92. The number of carbonyl (C=O) groups is 1. The lowest BCUT2D eigenvalue weighted by molar-refractivity contribution is -0.150. The van der Waals surface area contributed by atoms with E-state index in [1.54, 1.807) is 0 Å². The molecule has 0 saturated carbocycles. The van der Waals surface area contributed by atoms with Crippen LogP contribution >= 0.6 is 0 Å². The van der Waals surface area contributed by atoms with Crippen LogP contribution in [0.1, 0.15) is 26.0 Å². The number of esters is 1. The van der Waals surface area contributed by atoms with Crippen molar-refractivity contribution in [1.29, 1.82) is 0 Å². The van der Waals surface area contributed by atoms with Crippen LogP contribution in [-0.4, -0.2) is 24.2 Å². The number of aromatic nitrogens is 1. The molecule has 0 fully saturated rings. The average Bonchev–Trinajstić information content (AvgIpc) is 3.42. The fraction of sp³-hybridized carbons (Fsp3) is 0.207. The number of carbonyl (C=O) groups excluding carboxylic acids is 1. The number of hydrogen-bond donors (Lipinski definition) is 2. The highest BCUT2D eigenvalue weighted by molar-refractivity contribution is 5.82. The van der Waals surface area contributed by atoms with Gasteiger partial charge >= 0.3 is 5.97 Å². The summed E-state index contributed by atoms with van der Waals surface area (Å²) in [5.74, 6) is 0.462. The summed E-state index contributed by atoms with van der Waals surface area (Å²) in [6, 6.07) is 30.2. The molecule has 1 heterocycles. The van der Waals surface area contributed by atoms with E-state index in [-0.39, 0.29) is 5.97 Å². The predicted octanol–water partition coefficient (Wildman–Crippen LogP) is 6.72. The molecule has 0 aliphatic carbocycles. The number of H-pyrrole nitrogens is 1. The lowest BCUT2D eigenvalue weighted by Crippen LogP contribution is -2.36. The standard InChI is InChI=1S/C29H30N2O3/c1-3-33-28(32)29(2,27-15-10-19-30-27)18-20-34-26-17-16-23(22-11-6-4-7-12-22)21-25(26)31-24-13-8-5-9-14-24/h4-17,19,21,30-31H,3,18,20H2,1-2H3. The van der Waals surface area contributed by atoms with E-state index in [9.17, 15) is 4.79 Å². The molecule has 0 radical (unpaired) electrons. The minimum Gasteiger partial charge on any atom is -0.491 e. The van der Waals surface area contributed by atoms with Crippen LogP contribution in [-0.2, 0) is 14.9 Å². The van der Waals surface area contributed by atoms with Crippen molar-refractivity contribution in [2.45, 2.75) is 25.7 Å². The van der Waals surface area contributed by atoms with Crippen LogP contribution in [0.15, 0.2) is 97.2 Å². The summed E-state index contributed by atoms with van der Waals surface area (Å²) >= 11 is 0. The molecule has 0 aliphatic rings. The van der Waals surface area contributed by atoms with Crippen LogP contribution in [0, 0.1) is 0 Å². The second-order valence-electron chi connectivity index (χ2n) is 8.30. The molecule has 0 spiro atoms. The predicted molar refractivity (Wildman–Crippen MR) is 136 cm³/mol. The largest absolute Gasteiger partial charge is 0.491 e. The zero-order valence-corrected chi connectivity index (χ0v) is 19.6. The second-order valence-corrected chi connectivity index (χ2v) is 8.30. The van der Waals surface area contributed by atoms with Gasteiger partial charge in [-0.1, -0.05) is 54.6 Å². The molecule has 5 nitrogen and oxygen atoms in total. The molecule has 5 heteroatoms. The Labute approximate surface area is 200 Å². The fourth-order valence-corrected chi connectivity index (χ4v) is 3.92. The van der Waals surface area contributed by atoms with Crippen molar-refractivity contribution in [3.8, 4) is 16.9 Å². The van der Waals surface area contributed by atoms with Crippen LogP contribution in [0.5, 0.6) is 5.75 Å². The molecule has 1 atom stereocenters. The molecule has 0 bridgehead atoms. The normalized spacial score (nSPS) is 12.5. The third kappa shape index (κ3) is 5.31. The first-order valence-corrected chi connectivity index (χ1v) is 11.6. The quantitative estimate of drug-likeness (QED) is 0.261. The molecule has 2 N–H and O–H groups in total. The van der Waals surface area contributed by atoms with E-state index in [1.165, 1.54) is 0 Å². The summed E-state index contributed by atoms with van der Waals surface area (Å²) in [6.45, 7) is 4.39. The molecule has 1 aromatic heterocycles. The first-order valence-electron chi connectivity index (χ1n) is 11.6. The Morgan fingerprint density at radius 2 is 1.65 bits per heavy atom. The molecule has 4 rings (SSSR count). The van der Waals surface area contributed by atoms with Crippen molar-refractivity contribution in [3.63, 3.8) is 0 Å². The molecule has 174 valence electrons.